The van der Waals surface area contributed by atoms with Gasteiger partial charge in [-0.1, -0.05) is 13.0 Å². The topological polar surface area (TPSA) is 195 Å². The van der Waals surface area contributed by atoms with Gasteiger partial charge in [-0.2, -0.15) is 0 Å². The van der Waals surface area contributed by atoms with Crippen molar-refractivity contribution in [1.82, 2.24) is 15.1 Å². The molecule has 3 rings (SSSR count). The summed E-state index contributed by atoms with van der Waals surface area (Å²) in [5, 5.41) is 5.56. The molecule has 0 fully saturated rings. The largest absolute Gasteiger partial charge is 0.460 e. The fourth-order valence-electron chi connectivity index (χ4n) is 5.24. The minimum atomic E-state index is -0.781. The lowest BCUT2D eigenvalue weighted by Gasteiger charge is -2.27. The molecule has 0 bridgehead atoms. The van der Waals surface area contributed by atoms with Crippen LogP contribution >= 0.6 is 0 Å². The van der Waals surface area contributed by atoms with Crippen LogP contribution in [0.1, 0.15) is 86.1 Å². The number of carbonyl (C=O) groups is 8. The number of alkyl carbamates (subject to hydrolysis) is 1. The van der Waals surface area contributed by atoms with Crippen LogP contribution in [-0.2, 0) is 49.5 Å². The number of anilines is 1. The van der Waals surface area contributed by atoms with Crippen molar-refractivity contribution < 1.29 is 52.6 Å². The predicted octanol–water partition coefficient (Wildman–Crippen LogP) is 3.74. The van der Waals surface area contributed by atoms with Crippen molar-refractivity contribution in [3.05, 3.63) is 48.1 Å². The van der Waals surface area contributed by atoms with E-state index in [1.165, 1.54) is 6.07 Å². The Labute approximate surface area is 303 Å². The summed E-state index contributed by atoms with van der Waals surface area (Å²) >= 11 is 0. The molecule has 0 saturated carbocycles. The van der Waals surface area contributed by atoms with E-state index in [1.807, 2.05) is 0 Å². The smallest absolute Gasteiger partial charge is 0.407 e. The molecule has 2 heterocycles. The van der Waals surface area contributed by atoms with Crippen molar-refractivity contribution in [2.75, 3.05) is 18.4 Å². The zero-order chi connectivity index (χ0) is 38.8. The van der Waals surface area contributed by atoms with Crippen LogP contribution in [0.5, 0.6) is 5.75 Å². The summed E-state index contributed by atoms with van der Waals surface area (Å²) < 4.78 is 16.6. The average Bonchev–Trinajstić information content (AvgIpc) is 3.50. The monoisotopic (exact) mass is 724 g/mol. The van der Waals surface area contributed by atoms with E-state index < -0.39 is 70.7 Å². The molecule has 2 atom stereocenters. The van der Waals surface area contributed by atoms with Crippen molar-refractivity contribution in [2.45, 2.75) is 104 Å². The lowest BCUT2D eigenvalue weighted by atomic mass is 9.95. The first-order valence-corrected chi connectivity index (χ1v) is 17.1. The molecule has 2 aliphatic rings. The number of benzene rings is 1. The van der Waals surface area contributed by atoms with Crippen molar-refractivity contribution in [2.24, 2.45) is 5.92 Å². The molecule has 1 aromatic carbocycles. The number of ether oxygens (including phenoxy) is 3. The van der Waals surface area contributed by atoms with Crippen LogP contribution in [-0.4, -0.2) is 87.7 Å². The Morgan fingerprint density at radius 3 is 1.79 bits per heavy atom. The fraction of sp³-hybridized carbons (Fsp3) is 0.514. The standard InChI is InChI=1S/C37H48N4O11/c1-23(34(48)51-36(2,3)4)20-25(38-35(49)52-37(5,6)7)21-24-12-13-27(50-33(47)11-9-19-41-31(45)16-17-32(41)46)26(22-24)39-28(42)10-8-18-40-29(43)14-15-30(40)44/h12-17,22-23,25H,8-11,18-21H2,1-7H3,(H,38,49)(H,39,42). The molecule has 6 amide bonds. The van der Waals surface area contributed by atoms with Crippen LogP contribution in [0.2, 0.25) is 0 Å². The number of nitrogens with zero attached hydrogens (tertiary/aromatic N) is 2. The van der Waals surface area contributed by atoms with Crippen molar-refractivity contribution in [3.8, 4) is 5.75 Å². The molecule has 0 radical (unpaired) electrons. The molecule has 15 heteroatoms. The van der Waals surface area contributed by atoms with Crippen molar-refractivity contribution in [3.63, 3.8) is 0 Å². The van der Waals surface area contributed by atoms with Gasteiger partial charge in [-0.25, -0.2) is 4.79 Å². The van der Waals surface area contributed by atoms with Crippen LogP contribution in [0.3, 0.4) is 0 Å². The molecular weight excluding hydrogens is 676 g/mol. The number of hydrogen-bond donors (Lipinski definition) is 2. The number of amides is 6. The molecule has 2 aliphatic heterocycles. The van der Waals surface area contributed by atoms with Gasteiger partial charge < -0.3 is 24.8 Å². The van der Waals surface area contributed by atoms with Crippen LogP contribution in [0.25, 0.3) is 0 Å². The molecule has 52 heavy (non-hydrogen) atoms. The fourth-order valence-corrected chi connectivity index (χ4v) is 5.24. The number of carbonyl (C=O) groups excluding carboxylic acids is 8. The van der Waals surface area contributed by atoms with Gasteiger partial charge in [0, 0.05) is 56.3 Å². The Hall–Kier alpha value is -5.34. The second-order valence-electron chi connectivity index (χ2n) is 14.6. The quantitative estimate of drug-likeness (QED) is 0.143. The normalized spacial score (nSPS) is 15.5. The number of hydrogen-bond acceptors (Lipinski definition) is 11. The van der Waals surface area contributed by atoms with Crippen LogP contribution < -0.4 is 15.4 Å². The van der Waals surface area contributed by atoms with E-state index in [1.54, 1.807) is 60.6 Å². The maximum absolute atomic E-state index is 13.1. The summed E-state index contributed by atoms with van der Waals surface area (Å²) in [6.07, 6.45) is 4.42. The van der Waals surface area contributed by atoms with E-state index in [-0.39, 0.29) is 63.1 Å². The van der Waals surface area contributed by atoms with Gasteiger partial charge in [0.2, 0.25) is 5.91 Å². The van der Waals surface area contributed by atoms with Gasteiger partial charge in [-0.3, -0.25) is 43.4 Å². The molecule has 15 nitrogen and oxygen atoms in total. The molecule has 0 spiro atoms. The lowest BCUT2D eigenvalue weighted by molar-refractivity contribution is -0.160. The van der Waals surface area contributed by atoms with Gasteiger partial charge >= 0.3 is 18.0 Å². The third-order valence-corrected chi connectivity index (χ3v) is 7.54. The molecule has 0 aliphatic carbocycles. The highest BCUT2D eigenvalue weighted by atomic mass is 16.6. The summed E-state index contributed by atoms with van der Waals surface area (Å²) in [5.41, 5.74) is -0.755. The molecule has 2 N–H and O–H groups in total. The summed E-state index contributed by atoms with van der Waals surface area (Å²) in [4.78, 5) is 101. The van der Waals surface area contributed by atoms with Crippen LogP contribution in [0.4, 0.5) is 10.5 Å². The van der Waals surface area contributed by atoms with E-state index in [0.717, 1.165) is 34.1 Å². The van der Waals surface area contributed by atoms with Gasteiger partial charge in [0.05, 0.1) is 11.6 Å². The highest BCUT2D eigenvalue weighted by molar-refractivity contribution is 6.13. The molecule has 282 valence electrons. The summed E-state index contributed by atoms with van der Waals surface area (Å²) in [6, 6.07) is 4.08. The minimum Gasteiger partial charge on any atom is -0.460 e. The van der Waals surface area contributed by atoms with Crippen LogP contribution in [0, 0.1) is 5.92 Å². The first-order chi connectivity index (χ1) is 24.2. The molecule has 1 aromatic rings. The summed E-state index contributed by atoms with van der Waals surface area (Å²) in [5.74, 6) is -4.04. The molecule has 2 unspecified atom stereocenters. The van der Waals surface area contributed by atoms with Gasteiger partial charge in [-0.05, 0) is 84.9 Å². The van der Waals surface area contributed by atoms with Crippen molar-refractivity contribution in [1.29, 1.82) is 0 Å². The third-order valence-electron chi connectivity index (χ3n) is 7.54. The molecule has 0 saturated heterocycles. The Morgan fingerprint density at radius 1 is 0.750 bits per heavy atom. The predicted molar refractivity (Wildman–Crippen MR) is 187 cm³/mol. The molecular formula is C37H48N4O11. The lowest BCUT2D eigenvalue weighted by Crippen LogP contribution is -2.42. The Balaban J connectivity index is 1.79. The summed E-state index contributed by atoms with van der Waals surface area (Å²) in [6.45, 7) is 12.2. The zero-order valence-corrected chi connectivity index (χ0v) is 30.7. The maximum atomic E-state index is 13.1. The van der Waals surface area contributed by atoms with E-state index in [9.17, 15) is 38.4 Å². The second kappa shape index (κ2) is 17.7. The van der Waals surface area contributed by atoms with E-state index in [2.05, 4.69) is 10.6 Å². The Bertz CT molecular complexity index is 1600. The Kier molecular flexibility index (Phi) is 14.0. The van der Waals surface area contributed by atoms with E-state index >= 15 is 0 Å². The van der Waals surface area contributed by atoms with Crippen molar-refractivity contribution >= 4 is 53.3 Å². The van der Waals surface area contributed by atoms with E-state index in [0.29, 0.717) is 5.56 Å². The first-order valence-electron chi connectivity index (χ1n) is 17.1. The van der Waals surface area contributed by atoms with Gasteiger partial charge in [0.1, 0.15) is 11.2 Å². The average molecular weight is 725 g/mol. The second-order valence-corrected chi connectivity index (χ2v) is 14.6. The van der Waals surface area contributed by atoms with Crippen LogP contribution in [0.15, 0.2) is 42.5 Å². The number of rotatable bonds is 16. The highest BCUT2D eigenvalue weighted by Crippen LogP contribution is 2.29. The zero-order valence-electron chi connectivity index (χ0n) is 30.7. The maximum Gasteiger partial charge on any atom is 0.407 e. The number of nitrogens with one attached hydrogen (secondary N) is 2. The van der Waals surface area contributed by atoms with Gasteiger partial charge in [0.15, 0.2) is 5.75 Å². The summed E-state index contributed by atoms with van der Waals surface area (Å²) in [7, 11) is 0. The van der Waals surface area contributed by atoms with Gasteiger partial charge in [0.25, 0.3) is 23.6 Å². The van der Waals surface area contributed by atoms with E-state index in [4.69, 9.17) is 14.2 Å². The van der Waals surface area contributed by atoms with Gasteiger partial charge in [-0.15, -0.1) is 0 Å². The number of imide groups is 2. The third kappa shape index (κ3) is 13.4. The number of esters is 2. The molecule has 0 aromatic heterocycles. The first kappa shape index (κ1) is 41.1. The highest BCUT2D eigenvalue weighted by Gasteiger charge is 2.28. The Morgan fingerprint density at radius 2 is 1.27 bits per heavy atom. The minimum absolute atomic E-state index is 0.0185. The SMILES string of the molecule is CC(CC(Cc1ccc(OC(=O)CCCN2C(=O)C=CC2=O)c(NC(=O)CCCN2C(=O)C=CC2=O)c1)NC(=O)OC(C)(C)C)C(=O)OC(C)(C)C.